The van der Waals surface area contributed by atoms with Gasteiger partial charge in [-0.1, -0.05) is 0 Å². The summed E-state index contributed by atoms with van der Waals surface area (Å²) in [6.07, 6.45) is 6.36. The Labute approximate surface area is 93.6 Å². The molecule has 0 aromatic heterocycles. The summed E-state index contributed by atoms with van der Waals surface area (Å²) in [6, 6.07) is 0. The van der Waals surface area contributed by atoms with E-state index in [1.54, 1.807) is 0 Å². The molecule has 0 rings (SSSR count). The monoisotopic (exact) mass is 303 g/mol. The molecule has 0 fully saturated rings. The van der Waals surface area contributed by atoms with Crippen LogP contribution in [-0.4, -0.2) is 30.1 Å². The topological polar surface area (TPSA) is 12.4 Å². The number of aliphatic imine (C=N–C) groups is 1. The molecule has 0 heterocycles. The van der Waals surface area contributed by atoms with Gasteiger partial charge in [-0.05, 0) is 0 Å². The van der Waals surface area contributed by atoms with Crippen LogP contribution >= 0.6 is 0 Å². The first-order chi connectivity index (χ1) is 6.13. The van der Waals surface area contributed by atoms with E-state index in [0.29, 0.717) is 0 Å². The van der Waals surface area contributed by atoms with Crippen molar-refractivity contribution in [2.75, 3.05) is 0 Å². The van der Waals surface area contributed by atoms with Gasteiger partial charge in [-0.25, -0.2) is 0 Å². The molecule has 14 heavy (non-hydrogen) atoms. The molecule has 0 aromatic carbocycles. The molecular formula is C12H25NSn. The molecule has 1 unspecified atom stereocenters. The standard InChI is InChI=1S/C9H16N.3CH3.Sn/c1-5-6-7-8-10-9(2,3)4;;;;/h5-8H,1-4H3;3*1H3;/b7-6+,10-8?;;;;. The van der Waals surface area contributed by atoms with Crippen molar-refractivity contribution in [1.29, 1.82) is 0 Å². The molecule has 0 aliphatic heterocycles. The third kappa shape index (κ3) is 7.60. The maximum absolute atomic E-state index is 4.42. The van der Waals surface area contributed by atoms with Gasteiger partial charge < -0.3 is 0 Å². The third-order valence-corrected chi connectivity index (χ3v) is 10.7. The average molecular weight is 302 g/mol. The van der Waals surface area contributed by atoms with Crippen LogP contribution in [0, 0.1) is 0 Å². The van der Waals surface area contributed by atoms with E-state index in [0.717, 1.165) is 3.93 Å². The Morgan fingerprint density at radius 1 is 1.14 bits per heavy atom. The molecule has 0 aromatic rings. The average Bonchev–Trinajstić information content (AvgIpc) is 1.93. The fraction of sp³-hybridized carbons (Fsp3) is 0.750. The van der Waals surface area contributed by atoms with Crippen LogP contribution in [0.3, 0.4) is 0 Å². The van der Waals surface area contributed by atoms with Crippen molar-refractivity contribution >= 4 is 24.6 Å². The summed E-state index contributed by atoms with van der Waals surface area (Å²) in [5.74, 6) is 0. The minimum absolute atomic E-state index is 0.0542. The molecule has 0 N–H and O–H groups in total. The van der Waals surface area contributed by atoms with E-state index < -0.39 is 18.4 Å². The summed E-state index contributed by atoms with van der Waals surface area (Å²) in [7, 11) is 0. The molecule has 1 nitrogen and oxygen atoms in total. The second kappa shape index (κ2) is 5.34. The molecule has 2 heteroatoms. The van der Waals surface area contributed by atoms with Crippen LogP contribution in [0.4, 0.5) is 0 Å². The van der Waals surface area contributed by atoms with Crippen molar-refractivity contribution in [2.45, 2.75) is 52.0 Å². The van der Waals surface area contributed by atoms with Gasteiger partial charge in [-0.3, -0.25) is 0 Å². The van der Waals surface area contributed by atoms with Gasteiger partial charge in [0, 0.05) is 0 Å². The zero-order valence-corrected chi connectivity index (χ0v) is 13.6. The Kier molecular flexibility index (Phi) is 5.42. The van der Waals surface area contributed by atoms with Gasteiger partial charge in [0.2, 0.25) is 0 Å². The third-order valence-electron chi connectivity index (χ3n) is 2.31. The predicted molar refractivity (Wildman–Crippen MR) is 70.2 cm³/mol. The Balaban J connectivity index is 4.15. The van der Waals surface area contributed by atoms with Crippen molar-refractivity contribution in [3.8, 4) is 0 Å². The van der Waals surface area contributed by atoms with Gasteiger partial charge in [0.15, 0.2) is 0 Å². The molecule has 82 valence electrons. The van der Waals surface area contributed by atoms with E-state index in [-0.39, 0.29) is 5.54 Å². The van der Waals surface area contributed by atoms with E-state index in [2.05, 4.69) is 59.7 Å². The Hall–Kier alpha value is 0.209. The molecule has 0 saturated carbocycles. The van der Waals surface area contributed by atoms with Crippen LogP contribution in [0.25, 0.3) is 0 Å². The fourth-order valence-corrected chi connectivity index (χ4v) is 2.74. The van der Waals surface area contributed by atoms with Crippen molar-refractivity contribution in [3.63, 3.8) is 0 Å². The van der Waals surface area contributed by atoms with Crippen LogP contribution in [0.2, 0.25) is 18.8 Å². The normalized spacial score (nSPS) is 16.8. The van der Waals surface area contributed by atoms with Crippen molar-refractivity contribution in [1.82, 2.24) is 0 Å². The first-order valence-corrected chi connectivity index (χ1v) is 15.6. The molecule has 0 radical (unpaired) electrons. The summed E-state index contributed by atoms with van der Waals surface area (Å²) in [5.41, 5.74) is 0.0542. The van der Waals surface area contributed by atoms with Crippen molar-refractivity contribution in [3.05, 3.63) is 12.2 Å². The van der Waals surface area contributed by atoms with Gasteiger partial charge in [-0.2, -0.15) is 0 Å². The van der Waals surface area contributed by atoms with Crippen LogP contribution in [-0.2, 0) is 0 Å². The molecule has 0 amide bonds. The molecule has 1 atom stereocenters. The Morgan fingerprint density at radius 2 is 1.64 bits per heavy atom. The van der Waals surface area contributed by atoms with Crippen molar-refractivity contribution < 1.29 is 0 Å². The van der Waals surface area contributed by atoms with Gasteiger partial charge in [0.1, 0.15) is 0 Å². The summed E-state index contributed by atoms with van der Waals surface area (Å²) < 4.78 is 0.788. The molecule has 0 bridgehead atoms. The van der Waals surface area contributed by atoms with Crippen LogP contribution in [0.15, 0.2) is 17.1 Å². The Bertz CT molecular complexity index is 215. The second-order valence-corrected chi connectivity index (χ2v) is 22.1. The predicted octanol–water partition coefficient (Wildman–Crippen LogP) is 4.14. The quantitative estimate of drug-likeness (QED) is 0.549. The van der Waals surface area contributed by atoms with E-state index in [4.69, 9.17) is 0 Å². The van der Waals surface area contributed by atoms with Crippen LogP contribution < -0.4 is 0 Å². The zero-order valence-electron chi connectivity index (χ0n) is 10.8. The number of hydrogen-bond donors (Lipinski definition) is 0. The Morgan fingerprint density at radius 3 is 2.00 bits per heavy atom. The summed E-state index contributed by atoms with van der Waals surface area (Å²) in [6.45, 7) is 8.68. The summed E-state index contributed by atoms with van der Waals surface area (Å²) in [5, 5.41) is 0. The van der Waals surface area contributed by atoms with E-state index in [9.17, 15) is 0 Å². The molecule has 0 aliphatic carbocycles. The zero-order chi connectivity index (χ0) is 11.4. The van der Waals surface area contributed by atoms with Gasteiger partial charge in [-0.15, -0.1) is 0 Å². The van der Waals surface area contributed by atoms with Gasteiger partial charge in [0.25, 0.3) is 0 Å². The number of hydrogen-bond acceptors (Lipinski definition) is 1. The van der Waals surface area contributed by atoms with Crippen LogP contribution in [0.5, 0.6) is 0 Å². The number of nitrogens with zero attached hydrogens (tertiary/aromatic N) is 1. The molecule has 0 aliphatic rings. The minimum atomic E-state index is -1.69. The SMILES string of the molecule is C[CH](/C=C/C=NC(C)(C)C)[Sn]([CH3])([CH3])[CH3]. The number of allylic oxidation sites excluding steroid dienone is 2. The summed E-state index contributed by atoms with van der Waals surface area (Å²) >= 11 is -1.69. The van der Waals surface area contributed by atoms with Crippen LogP contribution in [0.1, 0.15) is 27.7 Å². The van der Waals surface area contributed by atoms with Crippen molar-refractivity contribution in [2.24, 2.45) is 4.99 Å². The fourth-order valence-electron chi connectivity index (χ4n) is 0.772. The number of rotatable bonds is 3. The molecular weight excluding hydrogens is 277 g/mol. The molecule has 0 spiro atoms. The first-order valence-electron chi connectivity index (χ1n) is 5.35. The first kappa shape index (κ1) is 14.2. The van der Waals surface area contributed by atoms with E-state index >= 15 is 0 Å². The maximum atomic E-state index is 4.42. The molecule has 0 saturated heterocycles. The van der Waals surface area contributed by atoms with E-state index in [1.807, 2.05) is 6.21 Å². The second-order valence-electron chi connectivity index (χ2n) is 5.99. The summed E-state index contributed by atoms with van der Waals surface area (Å²) in [4.78, 5) is 11.8. The van der Waals surface area contributed by atoms with Gasteiger partial charge >= 0.3 is 93.7 Å². The van der Waals surface area contributed by atoms with E-state index in [1.165, 1.54) is 0 Å². The van der Waals surface area contributed by atoms with Gasteiger partial charge in [0.05, 0.1) is 0 Å².